The lowest BCUT2D eigenvalue weighted by molar-refractivity contribution is 0.288. The summed E-state index contributed by atoms with van der Waals surface area (Å²) >= 11 is 0. The summed E-state index contributed by atoms with van der Waals surface area (Å²) in [6.45, 7) is 4.88. The van der Waals surface area contributed by atoms with Crippen molar-refractivity contribution >= 4 is 10.1 Å². The van der Waals surface area contributed by atoms with Crippen LogP contribution in [0.3, 0.4) is 0 Å². The smallest absolute Gasteiger partial charge is 0.300 e. The Labute approximate surface area is 185 Å². The van der Waals surface area contributed by atoms with Gasteiger partial charge in [0.1, 0.15) is 10.6 Å². The second-order valence-electron chi connectivity index (χ2n) is 8.17. The van der Waals surface area contributed by atoms with Crippen molar-refractivity contribution in [3.05, 3.63) is 24.3 Å². The van der Waals surface area contributed by atoms with Gasteiger partial charge in [-0.25, -0.2) is 0 Å². The van der Waals surface area contributed by atoms with Crippen molar-refractivity contribution in [1.82, 2.24) is 0 Å². The predicted octanol–water partition coefficient (Wildman–Crippen LogP) is 7.66. The molecule has 0 N–H and O–H groups in total. The fraction of sp³-hybridized carbons (Fsp3) is 0.760. The van der Waals surface area contributed by atoms with Crippen LogP contribution in [0.1, 0.15) is 110 Å². The second kappa shape index (κ2) is 17.6. The highest BCUT2D eigenvalue weighted by atomic mass is 32.2. The van der Waals surface area contributed by atoms with Gasteiger partial charge in [0.2, 0.25) is 0 Å². The minimum Gasteiger partial charge on any atom is -0.492 e. The highest BCUT2D eigenvalue weighted by molar-refractivity contribution is 7.86. The Morgan fingerprint density at radius 2 is 1.13 bits per heavy atom. The van der Waals surface area contributed by atoms with Crippen LogP contribution in [0.5, 0.6) is 5.75 Å². The van der Waals surface area contributed by atoms with Crippen molar-refractivity contribution in [2.24, 2.45) is 0 Å². The van der Waals surface area contributed by atoms with E-state index in [-0.39, 0.29) is 11.5 Å². The maximum atomic E-state index is 12.3. The van der Waals surface area contributed by atoms with E-state index in [2.05, 4.69) is 6.92 Å². The van der Waals surface area contributed by atoms with Gasteiger partial charge in [0, 0.05) is 0 Å². The molecule has 0 unspecified atom stereocenters. The van der Waals surface area contributed by atoms with Crippen LogP contribution in [0.15, 0.2) is 29.2 Å². The molecule has 0 aromatic heterocycles. The van der Waals surface area contributed by atoms with E-state index in [9.17, 15) is 8.42 Å². The van der Waals surface area contributed by atoms with Gasteiger partial charge in [-0.3, -0.25) is 4.18 Å². The van der Waals surface area contributed by atoms with Gasteiger partial charge in [0.25, 0.3) is 0 Å². The first-order chi connectivity index (χ1) is 14.6. The molecular formula is C25H44O4S. The Hall–Kier alpha value is -1.07. The van der Waals surface area contributed by atoms with E-state index in [0.717, 1.165) is 12.8 Å². The first-order valence-electron chi connectivity index (χ1n) is 12.2. The van der Waals surface area contributed by atoms with Crippen LogP contribution in [-0.2, 0) is 14.3 Å². The van der Waals surface area contributed by atoms with Crippen LogP contribution in [0, 0.1) is 0 Å². The van der Waals surface area contributed by atoms with Crippen molar-refractivity contribution in [1.29, 1.82) is 0 Å². The minimum atomic E-state index is -3.75. The van der Waals surface area contributed by atoms with E-state index in [1.165, 1.54) is 77.0 Å². The Morgan fingerprint density at radius 1 is 0.633 bits per heavy atom. The fourth-order valence-corrected chi connectivity index (χ4v) is 4.64. The van der Waals surface area contributed by atoms with Crippen LogP contribution >= 0.6 is 0 Å². The number of unbranched alkanes of at least 4 members (excludes halogenated alkanes) is 13. The third kappa shape index (κ3) is 12.6. The van der Waals surface area contributed by atoms with Crippen molar-refractivity contribution in [2.45, 2.75) is 115 Å². The molecule has 0 spiro atoms. The summed E-state index contributed by atoms with van der Waals surface area (Å²) < 4.78 is 35.3. The Kier molecular flexibility index (Phi) is 15.8. The molecule has 0 saturated heterocycles. The summed E-state index contributed by atoms with van der Waals surface area (Å²) in [6, 6.07) is 6.73. The van der Waals surface area contributed by atoms with Gasteiger partial charge in [-0.2, -0.15) is 8.42 Å². The largest absolute Gasteiger partial charge is 0.492 e. The normalized spacial score (nSPS) is 11.7. The Balaban J connectivity index is 2.06. The van der Waals surface area contributed by atoms with Crippen molar-refractivity contribution in [3.8, 4) is 5.75 Å². The molecule has 1 aromatic rings. The zero-order valence-corrected chi connectivity index (χ0v) is 20.2. The summed E-state index contributed by atoms with van der Waals surface area (Å²) in [5, 5.41) is 0. The summed E-state index contributed by atoms with van der Waals surface area (Å²) in [4.78, 5) is 0.129. The average Bonchev–Trinajstić information content (AvgIpc) is 2.75. The molecular weight excluding hydrogens is 396 g/mol. The topological polar surface area (TPSA) is 52.6 Å². The van der Waals surface area contributed by atoms with E-state index in [0.29, 0.717) is 18.8 Å². The predicted molar refractivity (Wildman–Crippen MR) is 126 cm³/mol. The number of para-hydroxylation sites is 1. The summed E-state index contributed by atoms with van der Waals surface area (Å²) in [5.41, 5.74) is 0. The third-order valence-corrected chi connectivity index (χ3v) is 6.67. The highest BCUT2D eigenvalue weighted by Crippen LogP contribution is 2.25. The van der Waals surface area contributed by atoms with E-state index in [1.807, 2.05) is 6.92 Å². The van der Waals surface area contributed by atoms with Crippen LogP contribution in [0.25, 0.3) is 0 Å². The maximum Gasteiger partial charge on any atom is 0.300 e. The molecule has 0 saturated carbocycles. The van der Waals surface area contributed by atoms with Gasteiger partial charge < -0.3 is 4.74 Å². The van der Waals surface area contributed by atoms with Gasteiger partial charge in [-0.1, -0.05) is 109 Å². The quantitative estimate of drug-likeness (QED) is 0.154. The maximum absolute atomic E-state index is 12.3. The lowest BCUT2D eigenvalue weighted by Gasteiger charge is -2.11. The number of ether oxygens (including phenoxy) is 1. The monoisotopic (exact) mass is 440 g/mol. The lowest BCUT2D eigenvalue weighted by atomic mass is 10.0. The zero-order valence-electron chi connectivity index (χ0n) is 19.4. The molecule has 0 fully saturated rings. The molecule has 30 heavy (non-hydrogen) atoms. The van der Waals surface area contributed by atoms with Crippen molar-refractivity contribution in [3.63, 3.8) is 0 Å². The summed E-state index contributed by atoms with van der Waals surface area (Å²) in [7, 11) is -3.75. The molecule has 1 aromatic carbocycles. The van der Waals surface area contributed by atoms with E-state index < -0.39 is 10.1 Å². The standard InChI is InChI=1S/C25H44O4S/c1-3-5-6-7-8-9-10-11-12-13-14-15-16-19-23-28-24-20-17-18-21-25(24)30(26,27)29-22-4-2/h17-18,20-21H,3-16,19,22-23H2,1-2H3. The molecule has 0 bridgehead atoms. The van der Waals surface area contributed by atoms with Gasteiger partial charge in [-0.15, -0.1) is 0 Å². The first kappa shape index (κ1) is 27.0. The molecule has 174 valence electrons. The number of rotatable bonds is 20. The highest BCUT2D eigenvalue weighted by Gasteiger charge is 2.19. The number of hydrogen-bond acceptors (Lipinski definition) is 4. The summed E-state index contributed by atoms with van der Waals surface area (Å²) in [5.74, 6) is 0.392. The number of hydrogen-bond donors (Lipinski definition) is 0. The molecule has 0 amide bonds. The molecule has 0 atom stereocenters. The second-order valence-corrected chi connectivity index (χ2v) is 9.75. The van der Waals surface area contributed by atoms with Crippen molar-refractivity contribution in [2.75, 3.05) is 13.2 Å². The Bertz CT molecular complexity index is 628. The SMILES string of the molecule is CCCCCCCCCCCCCCCCOc1ccccc1S(=O)(=O)OCCC. The van der Waals surface area contributed by atoms with Gasteiger partial charge in [-0.05, 0) is 25.0 Å². The Morgan fingerprint density at radius 3 is 1.67 bits per heavy atom. The van der Waals surface area contributed by atoms with Crippen LogP contribution in [0.4, 0.5) is 0 Å². The zero-order chi connectivity index (χ0) is 21.9. The summed E-state index contributed by atoms with van der Waals surface area (Å²) in [6.07, 6.45) is 19.0. The fourth-order valence-electron chi connectivity index (χ4n) is 3.51. The molecule has 0 radical (unpaired) electrons. The van der Waals surface area contributed by atoms with Crippen molar-refractivity contribution < 1.29 is 17.3 Å². The third-order valence-electron chi connectivity index (χ3n) is 5.32. The minimum absolute atomic E-state index is 0.129. The van der Waals surface area contributed by atoms with Gasteiger partial charge >= 0.3 is 10.1 Å². The molecule has 0 aliphatic carbocycles. The van der Waals surface area contributed by atoms with Gasteiger partial charge in [0.15, 0.2) is 0 Å². The molecule has 0 aliphatic rings. The molecule has 1 rings (SSSR count). The van der Waals surface area contributed by atoms with E-state index >= 15 is 0 Å². The molecule has 4 nitrogen and oxygen atoms in total. The molecule has 0 aliphatic heterocycles. The van der Waals surface area contributed by atoms with Crippen LogP contribution < -0.4 is 4.74 Å². The first-order valence-corrected chi connectivity index (χ1v) is 13.6. The van der Waals surface area contributed by atoms with Crippen LogP contribution in [0.2, 0.25) is 0 Å². The van der Waals surface area contributed by atoms with Gasteiger partial charge in [0.05, 0.1) is 13.2 Å². The van der Waals surface area contributed by atoms with E-state index in [4.69, 9.17) is 8.92 Å². The lowest BCUT2D eigenvalue weighted by Crippen LogP contribution is -2.10. The molecule has 0 heterocycles. The average molecular weight is 441 g/mol. The number of benzene rings is 1. The molecule has 5 heteroatoms. The van der Waals surface area contributed by atoms with Crippen LogP contribution in [-0.4, -0.2) is 21.6 Å². The van der Waals surface area contributed by atoms with E-state index in [1.54, 1.807) is 24.3 Å².